The van der Waals surface area contributed by atoms with Gasteiger partial charge in [0.1, 0.15) is 0 Å². The zero-order valence-corrected chi connectivity index (χ0v) is 13.4. The van der Waals surface area contributed by atoms with Crippen LogP contribution in [0.3, 0.4) is 0 Å². The molecule has 0 saturated heterocycles. The first-order valence-corrected chi connectivity index (χ1v) is 7.94. The fourth-order valence-electron chi connectivity index (χ4n) is 2.90. The molecule has 0 saturated carbocycles. The summed E-state index contributed by atoms with van der Waals surface area (Å²) in [6.07, 6.45) is 5.56. The van der Waals surface area contributed by atoms with Crippen molar-refractivity contribution < 1.29 is 0 Å². The van der Waals surface area contributed by atoms with Gasteiger partial charge in [0.05, 0.1) is 17.6 Å². The van der Waals surface area contributed by atoms with Gasteiger partial charge in [-0.15, -0.1) is 0 Å². The summed E-state index contributed by atoms with van der Waals surface area (Å²) in [6.45, 7) is 2.07. The van der Waals surface area contributed by atoms with Gasteiger partial charge in [0.15, 0.2) is 0 Å². The van der Waals surface area contributed by atoms with E-state index in [9.17, 15) is 0 Å². The number of hydrogen-bond acceptors (Lipinski definition) is 2. The van der Waals surface area contributed by atoms with Gasteiger partial charge in [-0.2, -0.15) is 5.10 Å². The topological polar surface area (TPSA) is 30.7 Å². The minimum absolute atomic E-state index is 1.04. The van der Waals surface area contributed by atoms with Crippen LogP contribution in [0.2, 0.25) is 0 Å². The van der Waals surface area contributed by atoms with Gasteiger partial charge in [0.2, 0.25) is 0 Å². The Morgan fingerprint density at radius 3 is 2.12 bits per heavy atom. The molecule has 2 heterocycles. The van der Waals surface area contributed by atoms with E-state index in [2.05, 4.69) is 71.6 Å². The molecular weight excluding hydrogens is 294 g/mol. The third-order valence-corrected chi connectivity index (χ3v) is 4.11. The second-order valence-corrected chi connectivity index (χ2v) is 5.74. The standard InChI is InChI=1S/C21H17N3/c1-16-14-23-24(21(16)19-8-5-13-22-15-19)20-11-9-18(10-12-20)17-6-3-2-4-7-17/h2-15H,1H3. The van der Waals surface area contributed by atoms with E-state index < -0.39 is 0 Å². The molecule has 0 N–H and O–H groups in total. The molecule has 24 heavy (non-hydrogen) atoms. The zero-order chi connectivity index (χ0) is 16.4. The first-order valence-electron chi connectivity index (χ1n) is 7.94. The van der Waals surface area contributed by atoms with E-state index >= 15 is 0 Å². The Morgan fingerprint density at radius 2 is 1.42 bits per heavy atom. The van der Waals surface area contributed by atoms with Crippen molar-refractivity contribution in [2.24, 2.45) is 0 Å². The van der Waals surface area contributed by atoms with E-state index in [4.69, 9.17) is 0 Å². The van der Waals surface area contributed by atoms with E-state index in [1.54, 1.807) is 6.20 Å². The molecule has 0 bridgehead atoms. The second-order valence-electron chi connectivity index (χ2n) is 5.74. The van der Waals surface area contributed by atoms with Crippen molar-refractivity contribution in [3.05, 3.63) is 90.9 Å². The summed E-state index contributed by atoms with van der Waals surface area (Å²) in [5.41, 5.74) is 6.74. The van der Waals surface area contributed by atoms with E-state index in [0.717, 1.165) is 22.5 Å². The fourth-order valence-corrected chi connectivity index (χ4v) is 2.90. The average Bonchev–Trinajstić information content (AvgIpc) is 3.05. The van der Waals surface area contributed by atoms with Gasteiger partial charge in [-0.3, -0.25) is 4.98 Å². The Balaban J connectivity index is 1.76. The predicted octanol–water partition coefficient (Wildman–Crippen LogP) is 4.91. The molecule has 0 atom stereocenters. The van der Waals surface area contributed by atoms with Crippen molar-refractivity contribution in [3.8, 4) is 28.1 Å². The summed E-state index contributed by atoms with van der Waals surface area (Å²) >= 11 is 0. The van der Waals surface area contributed by atoms with Gasteiger partial charge in [-0.25, -0.2) is 4.68 Å². The zero-order valence-electron chi connectivity index (χ0n) is 13.4. The SMILES string of the molecule is Cc1cnn(-c2ccc(-c3ccccc3)cc2)c1-c1cccnc1. The van der Waals surface area contributed by atoms with E-state index in [0.29, 0.717) is 0 Å². The van der Waals surface area contributed by atoms with E-state index in [1.807, 2.05) is 29.2 Å². The van der Waals surface area contributed by atoms with Gasteiger partial charge in [-0.1, -0.05) is 42.5 Å². The molecule has 0 unspecified atom stereocenters. The number of aromatic nitrogens is 3. The van der Waals surface area contributed by atoms with Crippen molar-refractivity contribution in [1.29, 1.82) is 0 Å². The summed E-state index contributed by atoms with van der Waals surface area (Å²) in [5.74, 6) is 0. The normalized spacial score (nSPS) is 10.7. The van der Waals surface area contributed by atoms with Crippen LogP contribution >= 0.6 is 0 Å². The van der Waals surface area contributed by atoms with Crippen molar-refractivity contribution in [2.45, 2.75) is 6.92 Å². The summed E-state index contributed by atoms with van der Waals surface area (Å²) in [7, 11) is 0. The van der Waals surface area contributed by atoms with Gasteiger partial charge >= 0.3 is 0 Å². The predicted molar refractivity (Wildman–Crippen MR) is 97.0 cm³/mol. The maximum Gasteiger partial charge on any atom is 0.0785 e. The fraction of sp³-hybridized carbons (Fsp3) is 0.0476. The molecule has 4 rings (SSSR count). The summed E-state index contributed by atoms with van der Waals surface area (Å²) in [6, 6.07) is 22.9. The van der Waals surface area contributed by atoms with Crippen LogP contribution in [-0.4, -0.2) is 14.8 Å². The molecule has 3 nitrogen and oxygen atoms in total. The molecule has 3 heteroatoms. The van der Waals surface area contributed by atoms with Crippen LogP contribution in [0.5, 0.6) is 0 Å². The highest BCUT2D eigenvalue weighted by atomic mass is 15.3. The van der Waals surface area contributed by atoms with Crippen LogP contribution in [0.15, 0.2) is 85.3 Å². The minimum atomic E-state index is 1.04. The number of hydrogen-bond donors (Lipinski definition) is 0. The van der Waals surface area contributed by atoms with Gasteiger partial charge in [0.25, 0.3) is 0 Å². The van der Waals surface area contributed by atoms with Crippen molar-refractivity contribution in [3.63, 3.8) is 0 Å². The lowest BCUT2D eigenvalue weighted by Gasteiger charge is -2.10. The molecule has 116 valence electrons. The highest BCUT2D eigenvalue weighted by molar-refractivity contribution is 5.67. The third-order valence-electron chi connectivity index (χ3n) is 4.11. The average molecular weight is 311 g/mol. The van der Waals surface area contributed by atoms with Crippen LogP contribution in [0, 0.1) is 6.92 Å². The number of benzene rings is 2. The first kappa shape index (κ1) is 14.4. The largest absolute Gasteiger partial charge is 0.264 e. The molecule has 0 aliphatic rings. The Hall–Kier alpha value is -3.20. The van der Waals surface area contributed by atoms with Crippen LogP contribution in [0.1, 0.15) is 5.56 Å². The van der Waals surface area contributed by atoms with Gasteiger partial charge in [0, 0.05) is 18.0 Å². The molecule has 2 aromatic carbocycles. The first-order chi connectivity index (χ1) is 11.8. The quantitative estimate of drug-likeness (QED) is 0.538. The highest BCUT2D eigenvalue weighted by Crippen LogP contribution is 2.27. The molecule has 0 aliphatic heterocycles. The lowest BCUT2D eigenvalue weighted by atomic mass is 10.1. The van der Waals surface area contributed by atoms with Crippen LogP contribution < -0.4 is 0 Å². The molecule has 0 radical (unpaired) electrons. The maximum atomic E-state index is 4.55. The summed E-state index contributed by atoms with van der Waals surface area (Å²) in [5, 5.41) is 4.55. The Labute approximate surface area is 141 Å². The summed E-state index contributed by atoms with van der Waals surface area (Å²) < 4.78 is 1.97. The number of rotatable bonds is 3. The van der Waals surface area contributed by atoms with E-state index in [1.165, 1.54) is 11.1 Å². The van der Waals surface area contributed by atoms with Crippen LogP contribution in [0.4, 0.5) is 0 Å². The smallest absolute Gasteiger partial charge is 0.0785 e. The third kappa shape index (κ3) is 2.61. The minimum Gasteiger partial charge on any atom is -0.264 e. The van der Waals surface area contributed by atoms with E-state index in [-0.39, 0.29) is 0 Å². The maximum absolute atomic E-state index is 4.55. The van der Waals surface area contributed by atoms with Gasteiger partial charge in [-0.05, 0) is 47.9 Å². The molecule has 0 spiro atoms. The van der Waals surface area contributed by atoms with Crippen molar-refractivity contribution >= 4 is 0 Å². The number of nitrogens with zero attached hydrogens (tertiary/aromatic N) is 3. The lowest BCUT2D eigenvalue weighted by Crippen LogP contribution is -1.99. The van der Waals surface area contributed by atoms with Crippen molar-refractivity contribution in [1.82, 2.24) is 14.8 Å². The molecule has 0 aliphatic carbocycles. The van der Waals surface area contributed by atoms with Crippen LogP contribution in [0.25, 0.3) is 28.1 Å². The molecular formula is C21H17N3. The molecule has 0 fully saturated rings. The monoisotopic (exact) mass is 311 g/mol. The Kier molecular flexibility index (Phi) is 3.67. The van der Waals surface area contributed by atoms with Crippen molar-refractivity contribution in [2.75, 3.05) is 0 Å². The number of pyridine rings is 1. The lowest BCUT2D eigenvalue weighted by molar-refractivity contribution is 0.887. The highest BCUT2D eigenvalue weighted by Gasteiger charge is 2.11. The molecule has 4 aromatic rings. The number of aryl methyl sites for hydroxylation is 1. The Bertz CT molecular complexity index is 940. The molecule has 0 amide bonds. The Morgan fingerprint density at radius 1 is 0.708 bits per heavy atom. The van der Waals surface area contributed by atoms with Crippen LogP contribution in [-0.2, 0) is 0 Å². The van der Waals surface area contributed by atoms with Gasteiger partial charge < -0.3 is 0 Å². The molecule has 2 aromatic heterocycles. The summed E-state index contributed by atoms with van der Waals surface area (Å²) in [4.78, 5) is 4.23. The second kappa shape index (κ2) is 6.13.